The van der Waals surface area contributed by atoms with Crippen LogP contribution in [-0.4, -0.2) is 63.4 Å². The first kappa shape index (κ1) is 21.7. The number of nitrogens with zero attached hydrogens (tertiary/aromatic N) is 2. The predicted octanol–water partition coefficient (Wildman–Crippen LogP) is 2.03. The highest BCUT2D eigenvalue weighted by Crippen LogP contribution is 2.18. The second-order valence-corrected chi connectivity index (χ2v) is 8.81. The fourth-order valence-corrected chi connectivity index (χ4v) is 3.92. The number of hydrogen-bond donors (Lipinski definition) is 2. The summed E-state index contributed by atoms with van der Waals surface area (Å²) in [4.78, 5) is 28.0. The molecule has 1 heterocycles. The fourth-order valence-electron chi connectivity index (χ4n) is 3.16. The Balaban J connectivity index is 1.65. The lowest BCUT2D eigenvalue weighted by Crippen LogP contribution is -2.51. The van der Waals surface area contributed by atoms with Crippen LogP contribution in [0.1, 0.15) is 15.9 Å². The maximum absolute atomic E-state index is 14.2. The van der Waals surface area contributed by atoms with Crippen LogP contribution in [0, 0.1) is 12.7 Å². The highest BCUT2D eigenvalue weighted by atomic mass is 32.2. The van der Waals surface area contributed by atoms with Gasteiger partial charge >= 0.3 is 6.03 Å². The highest BCUT2D eigenvalue weighted by molar-refractivity contribution is 7.89. The van der Waals surface area contributed by atoms with Gasteiger partial charge in [-0.25, -0.2) is 22.3 Å². The van der Waals surface area contributed by atoms with E-state index >= 15 is 0 Å². The topological polar surface area (TPSA) is 98.8 Å². The van der Waals surface area contributed by atoms with Gasteiger partial charge < -0.3 is 15.1 Å². The molecule has 0 bridgehead atoms. The van der Waals surface area contributed by atoms with Crippen LogP contribution in [-0.2, 0) is 10.0 Å². The molecule has 0 spiro atoms. The fraction of sp³-hybridized carbons (Fsp3) is 0.300. The average Bonchev–Trinajstić information content (AvgIpc) is 2.73. The number of rotatable bonds is 4. The van der Waals surface area contributed by atoms with Gasteiger partial charge in [-0.2, -0.15) is 0 Å². The first-order valence-electron chi connectivity index (χ1n) is 9.36. The van der Waals surface area contributed by atoms with Crippen LogP contribution >= 0.6 is 0 Å². The molecule has 30 heavy (non-hydrogen) atoms. The Morgan fingerprint density at radius 1 is 1.00 bits per heavy atom. The van der Waals surface area contributed by atoms with Crippen molar-refractivity contribution in [2.75, 3.05) is 38.5 Å². The van der Waals surface area contributed by atoms with Crippen LogP contribution < -0.4 is 10.0 Å². The molecule has 0 aliphatic carbocycles. The Morgan fingerprint density at radius 2 is 1.67 bits per heavy atom. The first-order valence-corrected chi connectivity index (χ1v) is 10.8. The summed E-state index contributed by atoms with van der Waals surface area (Å²) in [6.45, 7) is 2.90. The van der Waals surface area contributed by atoms with Crippen molar-refractivity contribution in [1.82, 2.24) is 14.5 Å². The number of anilines is 1. The minimum absolute atomic E-state index is 0.189. The number of urea groups is 1. The minimum Gasteiger partial charge on any atom is -0.335 e. The van der Waals surface area contributed by atoms with E-state index in [1.54, 1.807) is 11.0 Å². The van der Waals surface area contributed by atoms with Gasteiger partial charge in [0, 0.05) is 31.9 Å². The van der Waals surface area contributed by atoms with Crippen molar-refractivity contribution in [3.05, 3.63) is 59.4 Å². The number of hydrogen-bond acceptors (Lipinski definition) is 4. The van der Waals surface area contributed by atoms with Gasteiger partial charge in [-0.3, -0.25) is 4.79 Å². The third kappa shape index (κ3) is 4.77. The molecule has 0 saturated carbocycles. The van der Waals surface area contributed by atoms with Gasteiger partial charge in [-0.1, -0.05) is 12.1 Å². The zero-order valence-electron chi connectivity index (χ0n) is 16.7. The van der Waals surface area contributed by atoms with E-state index in [1.165, 1.54) is 11.9 Å². The zero-order valence-corrected chi connectivity index (χ0v) is 17.5. The third-order valence-electron chi connectivity index (χ3n) is 4.87. The van der Waals surface area contributed by atoms with E-state index in [0.717, 1.165) is 23.8 Å². The molecular weight excluding hydrogens is 411 g/mol. The number of sulfonamides is 1. The standard InChI is InChI=1S/C20H23FN4O4S/c1-14-4-3-5-15(12-14)23-20(27)25-10-8-24(9-11-25)19(26)17-13-16(6-7-18(17)21)30(28,29)22-2/h3-7,12-13,22H,8-11H2,1-2H3,(H,23,27). The van der Waals surface area contributed by atoms with Crippen LogP contribution in [0.3, 0.4) is 0 Å². The summed E-state index contributed by atoms with van der Waals surface area (Å²) in [6, 6.07) is 10.2. The summed E-state index contributed by atoms with van der Waals surface area (Å²) >= 11 is 0. The molecule has 0 radical (unpaired) electrons. The summed E-state index contributed by atoms with van der Waals surface area (Å²) < 4.78 is 40.2. The number of nitrogens with one attached hydrogen (secondary N) is 2. The second-order valence-electron chi connectivity index (χ2n) is 6.93. The molecule has 3 amide bonds. The van der Waals surface area contributed by atoms with E-state index in [2.05, 4.69) is 10.0 Å². The molecule has 0 aromatic heterocycles. The van der Waals surface area contributed by atoms with Crippen LogP contribution in [0.15, 0.2) is 47.4 Å². The molecule has 8 nitrogen and oxygen atoms in total. The summed E-state index contributed by atoms with van der Waals surface area (Å²) in [5.41, 5.74) is 1.39. The molecule has 2 aromatic carbocycles. The van der Waals surface area contributed by atoms with Crippen molar-refractivity contribution in [2.24, 2.45) is 0 Å². The van der Waals surface area contributed by atoms with Crippen LogP contribution in [0.25, 0.3) is 0 Å². The molecular formula is C20H23FN4O4S. The summed E-state index contributed by atoms with van der Waals surface area (Å²) in [5.74, 6) is -1.41. The Labute approximate surface area is 174 Å². The Morgan fingerprint density at radius 3 is 2.30 bits per heavy atom. The van der Waals surface area contributed by atoms with Crippen molar-refractivity contribution in [2.45, 2.75) is 11.8 Å². The Hall–Kier alpha value is -2.98. The van der Waals surface area contributed by atoms with Crippen LogP contribution in [0.5, 0.6) is 0 Å². The largest absolute Gasteiger partial charge is 0.335 e. The molecule has 10 heteroatoms. The predicted molar refractivity (Wildman–Crippen MR) is 110 cm³/mol. The smallest absolute Gasteiger partial charge is 0.321 e. The van der Waals surface area contributed by atoms with Gasteiger partial charge in [0.15, 0.2) is 0 Å². The van der Waals surface area contributed by atoms with E-state index in [9.17, 15) is 22.4 Å². The Kier molecular flexibility index (Phi) is 6.37. The number of piperazine rings is 1. The van der Waals surface area contributed by atoms with E-state index in [4.69, 9.17) is 0 Å². The number of amides is 3. The maximum Gasteiger partial charge on any atom is 0.321 e. The molecule has 2 aromatic rings. The molecule has 1 aliphatic heterocycles. The second kappa shape index (κ2) is 8.80. The lowest BCUT2D eigenvalue weighted by atomic mass is 10.1. The number of carbonyl (C=O) groups excluding carboxylic acids is 2. The van der Waals surface area contributed by atoms with Crippen molar-refractivity contribution in [3.8, 4) is 0 Å². The molecule has 0 atom stereocenters. The van der Waals surface area contributed by atoms with Crippen molar-refractivity contribution < 1.29 is 22.4 Å². The lowest BCUT2D eigenvalue weighted by molar-refractivity contribution is 0.0666. The molecule has 0 unspecified atom stereocenters. The molecule has 1 aliphatic rings. The summed E-state index contributed by atoms with van der Waals surface area (Å²) in [5, 5.41) is 2.82. The Bertz CT molecular complexity index is 1070. The van der Waals surface area contributed by atoms with Gasteiger partial charge in [0.2, 0.25) is 10.0 Å². The third-order valence-corrected chi connectivity index (χ3v) is 6.28. The monoisotopic (exact) mass is 434 g/mol. The number of aryl methyl sites for hydroxylation is 1. The number of benzene rings is 2. The maximum atomic E-state index is 14.2. The summed E-state index contributed by atoms with van der Waals surface area (Å²) in [6.07, 6.45) is 0. The molecule has 1 saturated heterocycles. The van der Waals surface area contributed by atoms with Crippen LogP contribution in [0.4, 0.5) is 14.9 Å². The average molecular weight is 434 g/mol. The van der Waals surface area contributed by atoms with Gasteiger partial charge in [0.05, 0.1) is 10.5 Å². The van der Waals surface area contributed by atoms with Gasteiger partial charge in [0.1, 0.15) is 5.82 Å². The van der Waals surface area contributed by atoms with Gasteiger partial charge in [0.25, 0.3) is 5.91 Å². The van der Waals surface area contributed by atoms with Crippen molar-refractivity contribution in [1.29, 1.82) is 0 Å². The van der Waals surface area contributed by atoms with Crippen molar-refractivity contribution >= 4 is 27.6 Å². The molecule has 160 valence electrons. The lowest BCUT2D eigenvalue weighted by Gasteiger charge is -2.34. The SMILES string of the molecule is CNS(=O)(=O)c1ccc(F)c(C(=O)N2CCN(C(=O)Nc3cccc(C)c3)CC2)c1. The van der Waals surface area contributed by atoms with E-state index in [0.29, 0.717) is 5.69 Å². The van der Waals surface area contributed by atoms with E-state index in [1.807, 2.05) is 25.1 Å². The number of halogens is 1. The van der Waals surface area contributed by atoms with Gasteiger partial charge in [-0.15, -0.1) is 0 Å². The minimum atomic E-state index is -3.80. The normalized spacial score (nSPS) is 14.5. The van der Waals surface area contributed by atoms with Gasteiger partial charge in [-0.05, 0) is 49.9 Å². The highest BCUT2D eigenvalue weighted by Gasteiger charge is 2.27. The van der Waals surface area contributed by atoms with Crippen molar-refractivity contribution in [3.63, 3.8) is 0 Å². The van der Waals surface area contributed by atoms with E-state index in [-0.39, 0.29) is 42.7 Å². The van der Waals surface area contributed by atoms with Crippen LogP contribution in [0.2, 0.25) is 0 Å². The first-order chi connectivity index (χ1) is 14.2. The molecule has 2 N–H and O–H groups in total. The zero-order chi connectivity index (χ0) is 21.9. The number of carbonyl (C=O) groups is 2. The van der Waals surface area contributed by atoms with E-state index < -0.39 is 21.7 Å². The molecule has 1 fully saturated rings. The molecule has 3 rings (SSSR count). The quantitative estimate of drug-likeness (QED) is 0.769. The summed E-state index contributed by atoms with van der Waals surface area (Å²) in [7, 11) is -2.57.